The van der Waals surface area contributed by atoms with Gasteiger partial charge in [-0.2, -0.15) is 5.10 Å². The Morgan fingerprint density at radius 2 is 1.88 bits per heavy atom. The van der Waals surface area contributed by atoms with E-state index < -0.39 is 0 Å². The Bertz CT molecular complexity index is 1350. The van der Waals surface area contributed by atoms with Gasteiger partial charge in [-0.15, -0.1) is 11.3 Å². The highest BCUT2D eigenvalue weighted by molar-refractivity contribution is 7.15. The van der Waals surface area contributed by atoms with Crippen LogP contribution < -0.4 is 10.3 Å². The highest BCUT2D eigenvalue weighted by Gasteiger charge is 2.24. The quantitative estimate of drug-likeness (QED) is 0.440. The van der Waals surface area contributed by atoms with E-state index in [9.17, 15) is 4.79 Å². The number of pyridine rings is 1. The Morgan fingerprint density at radius 3 is 2.62 bits per heavy atom. The van der Waals surface area contributed by atoms with E-state index in [1.807, 2.05) is 42.9 Å². The lowest BCUT2D eigenvalue weighted by atomic mass is 10.0. The summed E-state index contributed by atoms with van der Waals surface area (Å²) in [4.78, 5) is 23.1. The summed E-state index contributed by atoms with van der Waals surface area (Å²) >= 11 is 1.64. The lowest BCUT2D eigenvalue weighted by molar-refractivity contribution is 0.327. The summed E-state index contributed by atoms with van der Waals surface area (Å²) in [5, 5.41) is 5.22. The molecule has 0 fully saturated rings. The van der Waals surface area contributed by atoms with E-state index in [4.69, 9.17) is 9.72 Å². The van der Waals surface area contributed by atoms with Gasteiger partial charge in [0, 0.05) is 41.2 Å². The molecule has 7 nitrogen and oxygen atoms in total. The number of benzene rings is 1. The molecule has 0 saturated heterocycles. The second kappa shape index (κ2) is 8.02. The van der Waals surface area contributed by atoms with Gasteiger partial charge in [-0.3, -0.25) is 4.79 Å². The highest BCUT2D eigenvalue weighted by Crippen LogP contribution is 2.41. The van der Waals surface area contributed by atoms with E-state index in [2.05, 4.69) is 30.0 Å². The first-order chi connectivity index (χ1) is 15.4. The van der Waals surface area contributed by atoms with Crippen LogP contribution in [0, 0.1) is 0 Å². The summed E-state index contributed by atoms with van der Waals surface area (Å²) in [6.45, 7) is 8.77. The van der Waals surface area contributed by atoms with Gasteiger partial charge < -0.3 is 9.30 Å². The minimum atomic E-state index is -0.00616. The fourth-order valence-corrected chi connectivity index (χ4v) is 5.02. The molecule has 4 aromatic rings. The summed E-state index contributed by atoms with van der Waals surface area (Å²) in [5.74, 6) is 1.60. The van der Waals surface area contributed by atoms with Crippen LogP contribution in [0.15, 0.2) is 47.7 Å². The van der Waals surface area contributed by atoms with Crippen LogP contribution in [0.5, 0.6) is 5.75 Å². The minimum absolute atomic E-state index is 0.00616. The summed E-state index contributed by atoms with van der Waals surface area (Å²) in [6, 6.07) is 10.1. The maximum atomic E-state index is 12.5. The second-order valence-corrected chi connectivity index (χ2v) is 9.56. The summed E-state index contributed by atoms with van der Waals surface area (Å²) in [6.07, 6.45) is 4.23. The van der Waals surface area contributed by atoms with Gasteiger partial charge in [-0.1, -0.05) is 6.07 Å². The van der Waals surface area contributed by atoms with Gasteiger partial charge in [-0.05, 0) is 57.0 Å². The van der Waals surface area contributed by atoms with Crippen molar-refractivity contribution in [1.29, 1.82) is 0 Å². The molecule has 0 saturated carbocycles. The first-order valence-electron chi connectivity index (χ1n) is 10.8. The lowest BCUT2D eigenvalue weighted by Gasteiger charge is -2.12. The molecule has 1 aliphatic rings. The average Bonchev–Trinajstić information content (AvgIpc) is 3.38. The number of rotatable bonds is 4. The standard InChI is InChI=1S/C24H25N5O2S/c1-14(2)28-9-7-17(12-21(28)30)16-5-6-19-18(11-16)22-20(8-10-31-19)32-24(27-22)23-25-13-26-29(23)15(3)4/h5-7,9,11-15H,8,10H2,1-4H3. The Labute approximate surface area is 190 Å². The molecule has 8 heteroatoms. The van der Waals surface area contributed by atoms with Crippen molar-refractivity contribution in [3.63, 3.8) is 0 Å². The smallest absolute Gasteiger partial charge is 0.251 e. The molecule has 4 heterocycles. The van der Waals surface area contributed by atoms with Gasteiger partial charge in [-0.25, -0.2) is 14.6 Å². The third-order valence-electron chi connectivity index (χ3n) is 5.61. The number of hydrogen-bond donors (Lipinski definition) is 0. The van der Waals surface area contributed by atoms with Crippen molar-refractivity contribution in [3.05, 3.63) is 58.1 Å². The van der Waals surface area contributed by atoms with Crippen LogP contribution in [0.2, 0.25) is 0 Å². The largest absolute Gasteiger partial charge is 0.493 e. The Balaban J connectivity index is 1.61. The fourth-order valence-electron chi connectivity index (χ4n) is 3.98. The van der Waals surface area contributed by atoms with E-state index in [1.54, 1.807) is 28.3 Å². The van der Waals surface area contributed by atoms with Gasteiger partial charge in [0.2, 0.25) is 0 Å². The number of aromatic nitrogens is 5. The molecular formula is C24H25N5O2S. The van der Waals surface area contributed by atoms with Crippen molar-refractivity contribution >= 4 is 11.3 Å². The fraction of sp³-hybridized carbons (Fsp3) is 0.333. The van der Waals surface area contributed by atoms with Crippen molar-refractivity contribution in [2.45, 2.75) is 46.2 Å². The normalized spacial score (nSPS) is 13.1. The maximum Gasteiger partial charge on any atom is 0.251 e. The molecule has 0 bridgehead atoms. The zero-order chi connectivity index (χ0) is 22.4. The van der Waals surface area contributed by atoms with Crippen molar-refractivity contribution < 1.29 is 4.74 Å². The molecule has 0 amide bonds. The molecule has 0 spiro atoms. The van der Waals surface area contributed by atoms with Crippen molar-refractivity contribution in [2.75, 3.05) is 6.61 Å². The van der Waals surface area contributed by atoms with Gasteiger partial charge in [0.25, 0.3) is 5.56 Å². The number of hydrogen-bond acceptors (Lipinski definition) is 6. The number of nitrogens with zero attached hydrogens (tertiary/aromatic N) is 5. The molecule has 0 unspecified atom stereocenters. The van der Waals surface area contributed by atoms with Gasteiger partial charge in [0.15, 0.2) is 10.8 Å². The summed E-state index contributed by atoms with van der Waals surface area (Å²) in [5.41, 5.74) is 3.71. The average molecular weight is 448 g/mol. The number of fused-ring (bicyclic) bond motifs is 3. The molecule has 5 rings (SSSR count). The molecule has 0 radical (unpaired) electrons. The molecule has 3 aromatic heterocycles. The van der Waals surface area contributed by atoms with Crippen molar-refractivity contribution in [2.24, 2.45) is 0 Å². The molecule has 0 atom stereocenters. The van der Waals surface area contributed by atoms with Crippen LogP contribution >= 0.6 is 11.3 Å². The van der Waals surface area contributed by atoms with Crippen LogP contribution in [0.1, 0.15) is 44.7 Å². The van der Waals surface area contributed by atoms with Gasteiger partial charge in [0.05, 0.1) is 12.3 Å². The summed E-state index contributed by atoms with van der Waals surface area (Å²) < 4.78 is 9.64. The van der Waals surface area contributed by atoms with Gasteiger partial charge in [0.1, 0.15) is 12.1 Å². The van der Waals surface area contributed by atoms with Crippen LogP contribution in [0.3, 0.4) is 0 Å². The van der Waals surface area contributed by atoms with Crippen LogP contribution in [-0.4, -0.2) is 30.9 Å². The lowest BCUT2D eigenvalue weighted by Crippen LogP contribution is -2.20. The van der Waals surface area contributed by atoms with Crippen LogP contribution in [-0.2, 0) is 6.42 Å². The van der Waals surface area contributed by atoms with E-state index >= 15 is 0 Å². The SMILES string of the molecule is CC(C)n1ncnc1-c1nc2c(s1)CCOc1ccc(-c3ccn(C(C)C)c(=O)c3)cc1-2. The zero-order valence-corrected chi connectivity index (χ0v) is 19.4. The Kier molecular flexibility index (Phi) is 5.17. The Morgan fingerprint density at radius 1 is 1.06 bits per heavy atom. The third kappa shape index (κ3) is 3.54. The minimum Gasteiger partial charge on any atom is -0.493 e. The van der Waals surface area contributed by atoms with E-state index in [-0.39, 0.29) is 17.6 Å². The van der Waals surface area contributed by atoms with Crippen LogP contribution in [0.4, 0.5) is 0 Å². The first-order valence-corrected chi connectivity index (χ1v) is 11.6. The number of thiazole rings is 1. The number of ether oxygens (including phenoxy) is 1. The zero-order valence-electron chi connectivity index (χ0n) is 18.6. The van der Waals surface area contributed by atoms with E-state index in [1.165, 1.54) is 4.88 Å². The first kappa shape index (κ1) is 20.6. The molecule has 32 heavy (non-hydrogen) atoms. The topological polar surface area (TPSA) is 74.8 Å². The predicted molar refractivity (Wildman–Crippen MR) is 126 cm³/mol. The van der Waals surface area contributed by atoms with Crippen molar-refractivity contribution in [1.82, 2.24) is 24.3 Å². The Hall–Kier alpha value is -3.26. The predicted octanol–water partition coefficient (Wildman–Crippen LogP) is 4.99. The molecule has 0 N–H and O–H groups in total. The van der Waals surface area contributed by atoms with Crippen molar-refractivity contribution in [3.8, 4) is 39.0 Å². The van der Waals surface area contributed by atoms with E-state index in [0.29, 0.717) is 6.61 Å². The van der Waals surface area contributed by atoms with Crippen LogP contribution in [0.25, 0.3) is 33.2 Å². The summed E-state index contributed by atoms with van der Waals surface area (Å²) in [7, 11) is 0. The second-order valence-electron chi connectivity index (χ2n) is 8.48. The highest BCUT2D eigenvalue weighted by atomic mass is 32.1. The molecular weight excluding hydrogens is 422 g/mol. The maximum absolute atomic E-state index is 12.5. The third-order valence-corrected chi connectivity index (χ3v) is 6.72. The monoisotopic (exact) mass is 447 g/mol. The molecule has 1 aliphatic heterocycles. The van der Waals surface area contributed by atoms with E-state index in [0.717, 1.165) is 45.4 Å². The molecule has 1 aromatic carbocycles. The molecule has 0 aliphatic carbocycles. The molecule has 164 valence electrons. The van der Waals surface area contributed by atoms with Gasteiger partial charge >= 0.3 is 0 Å².